The van der Waals surface area contributed by atoms with E-state index in [0.29, 0.717) is 5.21 Å². The van der Waals surface area contributed by atoms with Crippen molar-refractivity contribution in [2.45, 2.75) is 5.21 Å². The van der Waals surface area contributed by atoms with Crippen LogP contribution in [0.5, 0.6) is 5.75 Å². The number of benzene rings is 1. The first-order valence-electron chi connectivity index (χ1n) is 3.43. The van der Waals surface area contributed by atoms with Gasteiger partial charge in [-0.2, -0.15) is 0 Å². The second-order valence-corrected chi connectivity index (χ2v) is 4.71. The van der Waals surface area contributed by atoms with Crippen LogP contribution in [0.15, 0.2) is 24.3 Å². The number of aromatic hydroxyl groups is 1. The summed E-state index contributed by atoms with van der Waals surface area (Å²) in [6.07, 6.45) is 0. The summed E-state index contributed by atoms with van der Waals surface area (Å²) in [5.74, 6) is -0.0365. The molecule has 1 amide bonds. The number of primary amides is 1. The fraction of sp³-hybridized carbons (Fsp3) is 0.125. The number of hydrogen-bond donors (Lipinski definition) is 2. The summed E-state index contributed by atoms with van der Waals surface area (Å²) in [5, 5.41) is 9.49. The molecule has 1 rings (SSSR count). The summed E-state index contributed by atoms with van der Waals surface area (Å²) in [5.41, 5.74) is 5.00. The maximum absolute atomic E-state index is 10.4. The minimum absolute atomic E-state index is 0.224. The molecule has 63 valence electrons. The normalized spacial score (nSPS) is 10.7. The summed E-state index contributed by atoms with van der Waals surface area (Å²) in [6, 6.07) is 6.93. The van der Waals surface area contributed by atoms with E-state index >= 15 is 0 Å². The van der Waals surface area contributed by atoms with Gasteiger partial charge in [-0.15, -0.1) is 0 Å². The first kappa shape index (κ1) is 9.14. The first-order chi connectivity index (χ1) is 5.68. The molecule has 0 fully saturated rings. The monoisotopic (exact) mass is 226 g/mol. The fourth-order valence-electron chi connectivity index (χ4n) is 0.761. The summed E-state index contributed by atoms with van der Waals surface area (Å²) in [4.78, 5) is 10.4. The second-order valence-electron chi connectivity index (χ2n) is 2.30. The number of rotatable bonds is 3. The maximum atomic E-state index is 10.4. The van der Waals surface area contributed by atoms with Crippen LogP contribution < -0.4 is 10.1 Å². The molecule has 0 unspecified atom stereocenters. The van der Waals surface area contributed by atoms with Crippen LogP contribution >= 0.6 is 0 Å². The van der Waals surface area contributed by atoms with Crippen LogP contribution in [0, 0.1) is 0 Å². The Bertz CT molecular complexity index is 288. The van der Waals surface area contributed by atoms with Gasteiger partial charge in [0, 0.05) is 0 Å². The van der Waals surface area contributed by atoms with Crippen molar-refractivity contribution >= 4 is 26.0 Å². The number of hydrogen-bond acceptors (Lipinski definition) is 2. The number of carbonyl (C=O) groups is 1. The van der Waals surface area contributed by atoms with E-state index in [1.165, 1.54) is 0 Å². The molecule has 3 N–H and O–H groups in total. The molecule has 0 aromatic heterocycles. The Kier molecular flexibility index (Phi) is 3.17. The predicted molar refractivity (Wildman–Crippen MR) is 47.5 cm³/mol. The third kappa shape index (κ3) is 2.97. The molecule has 0 spiro atoms. The Morgan fingerprint density at radius 2 is 2.33 bits per heavy atom. The van der Waals surface area contributed by atoms with Gasteiger partial charge in [0.25, 0.3) is 0 Å². The van der Waals surface area contributed by atoms with Crippen LogP contribution in [0.1, 0.15) is 0 Å². The standard InChI is InChI=1S/C8H9AsNO2/c10-8(12)5-9-6-2-1-3-7(11)4-6/h1-4,11H,5H2,(H2,10,12). The molecule has 0 atom stereocenters. The molecular formula is C8H9AsNO2. The van der Waals surface area contributed by atoms with Gasteiger partial charge in [0.1, 0.15) is 0 Å². The van der Waals surface area contributed by atoms with E-state index in [1.807, 2.05) is 6.07 Å². The van der Waals surface area contributed by atoms with Crippen molar-refractivity contribution in [3.63, 3.8) is 0 Å². The van der Waals surface area contributed by atoms with E-state index < -0.39 is 0 Å². The van der Waals surface area contributed by atoms with E-state index in [9.17, 15) is 4.79 Å². The molecule has 0 saturated heterocycles. The molecule has 3 nitrogen and oxygen atoms in total. The van der Waals surface area contributed by atoms with Gasteiger partial charge < -0.3 is 0 Å². The van der Waals surface area contributed by atoms with Crippen molar-refractivity contribution in [2.24, 2.45) is 5.73 Å². The van der Waals surface area contributed by atoms with Gasteiger partial charge in [-0.05, 0) is 0 Å². The van der Waals surface area contributed by atoms with Crippen LogP contribution in [0.4, 0.5) is 0 Å². The van der Waals surface area contributed by atoms with Crippen LogP contribution in [-0.2, 0) is 4.79 Å². The Hall–Kier alpha value is -0.952. The molecular weight excluding hydrogens is 217 g/mol. The summed E-state index contributed by atoms with van der Waals surface area (Å²) < 4.78 is 1.02. The number of nitrogens with two attached hydrogens (primary N) is 1. The zero-order valence-electron chi connectivity index (χ0n) is 6.40. The predicted octanol–water partition coefficient (Wildman–Crippen LogP) is -0.375. The van der Waals surface area contributed by atoms with Gasteiger partial charge >= 0.3 is 76.9 Å². The third-order valence-corrected chi connectivity index (χ3v) is 3.58. The zero-order valence-corrected chi connectivity index (χ0v) is 8.27. The fourth-order valence-corrected chi connectivity index (χ4v) is 2.34. The molecule has 1 radical (unpaired) electrons. The number of phenolic OH excluding ortho intramolecular Hbond substituents is 1. The number of amides is 1. The van der Waals surface area contributed by atoms with Gasteiger partial charge in [-0.25, -0.2) is 0 Å². The van der Waals surface area contributed by atoms with Crippen molar-refractivity contribution in [1.29, 1.82) is 0 Å². The number of carbonyl (C=O) groups excluding carboxylic acids is 1. The van der Waals surface area contributed by atoms with Crippen molar-refractivity contribution in [2.75, 3.05) is 0 Å². The molecule has 0 bridgehead atoms. The zero-order chi connectivity index (χ0) is 8.97. The SMILES string of the molecule is NC(=O)C[As]c1cccc(O)c1. The minimum atomic E-state index is -0.279. The summed E-state index contributed by atoms with van der Waals surface area (Å²) in [7, 11) is 0. The molecule has 1 aromatic carbocycles. The van der Waals surface area contributed by atoms with Gasteiger partial charge in [-0.3, -0.25) is 0 Å². The van der Waals surface area contributed by atoms with E-state index in [0.717, 1.165) is 4.35 Å². The Balaban J connectivity index is 2.57. The molecule has 0 heterocycles. The number of phenols is 1. The molecule has 0 saturated carbocycles. The summed E-state index contributed by atoms with van der Waals surface area (Å²) >= 11 is -0.224. The van der Waals surface area contributed by atoms with E-state index in [-0.39, 0.29) is 27.4 Å². The van der Waals surface area contributed by atoms with Crippen molar-refractivity contribution < 1.29 is 9.90 Å². The quantitative estimate of drug-likeness (QED) is 0.690. The molecule has 0 aliphatic rings. The van der Waals surface area contributed by atoms with Crippen molar-refractivity contribution in [1.82, 2.24) is 0 Å². The Labute approximate surface area is 77.3 Å². The van der Waals surface area contributed by atoms with E-state index in [1.54, 1.807) is 18.2 Å². The molecule has 1 aromatic rings. The van der Waals surface area contributed by atoms with Crippen LogP contribution in [0.25, 0.3) is 0 Å². The average molecular weight is 226 g/mol. The first-order valence-corrected chi connectivity index (χ1v) is 5.70. The summed E-state index contributed by atoms with van der Waals surface area (Å²) in [6.45, 7) is 0. The van der Waals surface area contributed by atoms with Gasteiger partial charge in [0.05, 0.1) is 0 Å². The Morgan fingerprint density at radius 1 is 1.58 bits per heavy atom. The van der Waals surface area contributed by atoms with Crippen molar-refractivity contribution in [3.05, 3.63) is 24.3 Å². The topological polar surface area (TPSA) is 63.3 Å². The Morgan fingerprint density at radius 3 is 2.92 bits per heavy atom. The van der Waals surface area contributed by atoms with Crippen LogP contribution in [-0.4, -0.2) is 26.8 Å². The van der Waals surface area contributed by atoms with Crippen LogP contribution in [0.3, 0.4) is 0 Å². The molecule has 12 heavy (non-hydrogen) atoms. The molecule has 4 heteroatoms. The van der Waals surface area contributed by atoms with Gasteiger partial charge in [0.2, 0.25) is 0 Å². The van der Waals surface area contributed by atoms with Crippen LogP contribution in [0.2, 0.25) is 5.21 Å². The molecule has 0 aliphatic heterocycles. The third-order valence-electron chi connectivity index (χ3n) is 1.25. The second kappa shape index (κ2) is 4.17. The van der Waals surface area contributed by atoms with Crippen molar-refractivity contribution in [3.8, 4) is 5.75 Å². The average Bonchev–Trinajstić information content (AvgIpc) is 2.01. The van der Waals surface area contributed by atoms with E-state index in [4.69, 9.17) is 10.8 Å². The van der Waals surface area contributed by atoms with E-state index in [2.05, 4.69) is 0 Å². The van der Waals surface area contributed by atoms with Gasteiger partial charge in [-0.1, -0.05) is 0 Å². The van der Waals surface area contributed by atoms with Gasteiger partial charge in [0.15, 0.2) is 0 Å². The molecule has 0 aliphatic carbocycles.